The van der Waals surface area contributed by atoms with Crippen LogP contribution in [0, 0.1) is 0 Å². The molecular formula is C13H12N4O2S. The van der Waals surface area contributed by atoms with Crippen molar-refractivity contribution in [2.24, 2.45) is 7.05 Å². The van der Waals surface area contributed by atoms with E-state index in [1.54, 1.807) is 13.3 Å². The van der Waals surface area contributed by atoms with Crippen molar-refractivity contribution in [2.75, 3.05) is 0 Å². The van der Waals surface area contributed by atoms with E-state index in [0.717, 1.165) is 11.3 Å². The first-order chi connectivity index (χ1) is 9.74. The third-order valence-electron chi connectivity index (χ3n) is 2.76. The Morgan fingerprint density at radius 3 is 2.85 bits per heavy atom. The van der Waals surface area contributed by atoms with Gasteiger partial charge in [-0.2, -0.15) is 0 Å². The molecule has 0 unspecified atom stereocenters. The summed E-state index contributed by atoms with van der Waals surface area (Å²) in [4.78, 5) is 15.7. The summed E-state index contributed by atoms with van der Waals surface area (Å²) in [5.74, 6) is 1.19. The number of hydrogen-bond acceptors (Lipinski definition) is 5. The summed E-state index contributed by atoms with van der Waals surface area (Å²) in [6.45, 7) is 0. The highest BCUT2D eigenvalue weighted by Gasteiger charge is 2.09. The summed E-state index contributed by atoms with van der Waals surface area (Å²) in [6.07, 6.45) is 1.63. The van der Waals surface area contributed by atoms with Gasteiger partial charge in [-0.15, -0.1) is 5.10 Å². The Hall–Kier alpha value is -2.28. The largest absolute Gasteiger partial charge is 0.444 e. The average Bonchev–Trinajstić information content (AvgIpc) is 3.07. The van der Waals surface area contributed by atoms with E-state index in [9.17, 15) is 4.79 Å². The van der Waals surface area contributed by atoms with E-state index in [0.29, 0.717) is 16.8 Å². The van der Waals surface area contributed by atoms with Crippen LogP contribution in [0.2, 0.25) is 0 Å². The predicted molar refractivity (Wildman–Crippen MR) is 75.3 cm³/mol. The fourth-order valence-electron chi connectivity index (χ4n) is 1.69. The lowest BCUT2D eigenvalue weighted by molar-refractivity contribution is 0.573. The lowest BCUT2D eigenvalue weighted by Gasteiger charge is -1.96. The molecule has 0 amide bonds. The third kappa shape index (κ3) is 2.53. The number of H-pyrrole nitrogens is 1. The Morgan fingerprint density at radius 1 is 1.35 bits per heavy atom. The normalized spacial score (nSPS) is 10.8. The molecule has 0 bridgehead atoms. The minimum absolute atomic E-state index is 0.224. The molecule has 0 saturated heterocycles. The number of aromatic nitrogens is 4. The van der Waals surface area contributed by atoms with Crippen LogP contribution in [0.1, 0.15) is 5.69 Å². The fourth-order valence-corrected chi connectivity index (χ4v) is 2.48. The van der Waals surface area contributed by atoms with E-state index in [4.69, 9.17) is 4.42 Å². The van der Waals surface area contributed by atoms with Crippen molar-refractivity contribution < 1.29 is 4.42 Å². The van der Waals surface area contributed by atoms with Gasteiger partial charge in [0.15, 0.2) is 5.16 Å². The molecule has 2 aromatic heterocycles. The minimum atomic E-state index is -0.224. The molecule has 0 aliphatic rings. The van der Waals surface area contributed by atoms with Crippen molar-refractivity contribution in [1.82, 2.24) is 19.7 Å². The molecule has 3 aromatic rings. The summed E-state index contributed by atoms with van der Waals surface area (Å²) in [6, 6.07) is 9.71. The second-order valence-corrected chi connectivity index (χ2v) is 5.11. The van der Waals surface area contributed by atoms with Gasteiger partial charge in [-0.05, 0) is 12.1 Å². The molecule has 0 atom stereocenters. The molecule has 1 aromatic carbocycles. The van der Waals surface area contributed by atoms with Gasteiger partial charge in [0, 0.05) is 18.4 Å². The number of aromatic amines is 1. The maximum atomic E-state index is 11.2. The Morgan fingerprint density at radius 2 is 2.15 bits per heavy atom. The molecule has 0 aliphatic carbocycles. The molecule has 20 heavy (non-hydrogen) atoms. The number of nitrogens with zero attached hydrogens (tertiary/aromatic N) is 3. The average molecular weight is 288 g/mol. The van der Waals surface area contributed by atoms with Crippen LogP contribution >= 0.6 is 11.8 Å². The molecule has 0 radical (unpaired) electrons. The molecule has 0 saturated carbocycles. The van der Waals surface area contributed by atoms with Gasteiger partial charge in [-0.3, -0.25) is 4.57 Å². The molecule has 0 aliphatic heterocycles. The maximum Gasteiger partial charge on any atom is 0.343 e. The summed E-state index contributed by atoms with van der Waals surface area (Å²) >= 11 is 1.43. The molecule has 3 rings (SSSR count). The maximum absolute atomic E-state index is 11.2. The first-order valence-electron chi connectivity index (χ1n) is 5.98. The highest BCUT2D eigenvalue weighted by molar-refractivity contribution is 7.98. The van der Waals surface area contributed by atoms with Gasteiger partial charge in [0.2, 0.25) is 5.89 Å². The zero-order valence-corrected chi connectivity index (χ0v) is 11.6. The highest BCUT2D eigenvalue weighted by atomic mass is 32.2. The fraction of sp³-hybridized carbons (Fsp3) is 0.154. The summed E-state index contributed by atoms with van der Waals surface area (Å²) < 4.78 is 6.91. The van der Waals surface area contributed by atoms with Gasteiger partial charge in [-0.25, -0.2) is 14.9 Å². The van der Waals surface area contributed by atoms with Crippen molar-refractivity contribution in [3.63, 3.8) is 0 Å². The van der Waals surface area contributed by atoms with Crippen molar-refractivity contribution in [1.29, 1.82) is 0 Å². The summed E-state index contributed by atoms with van der Waals surface area (Å²) in [5, 5.41) is 6.95. The van der Waals surface area contributed by atoms with Crippen molar-refractivity contribution >= 4 is 11.8 Å². The van der Waals surface area contributed by atoms with Gasteiger partial charge in [0.25, 0.3) is 0 Å². The lowest BCUT2D eigenvalue weighted by Crippen LogP contribution is -2.12. The Kier molecular flexibility index (Phi) is 3.42. The Balaban J connectivity index is 1.72. The van der Waals surface area contributed by atoms with Crippen LogP contribution in [0.15, 0.2) is 51.0 Å². The number of rotatable bonds is 4. The van der Waals surface area contributed by atoms with Gasteiger partial charge in [-0.1, -0.05) is 30.0 Å². The number of oxazole rings is 1. The SMILES string of the molecule is Cn1c(SCc2coc(-c3ccccc3)n2)n[nH]c1=O. The van der Waals surface area contributed by atoms with E-state index >= 15 is 0 Å². The highest BCUT2D eigenvalue weighted by Crippen LogP contribution is 2.22. The van der Waals surface area contributed by atoms with Crippen LogP contribution < -0.4 is 5.69 Å². The zero-order chi connectivity index (χ0) is 13.9. The van der Waals surface area contributed by atoms with Gasteiger partial charge >= 0.3 is 5.69 Å². The number of benzene rings is 1. The van der Waals surface area contributed by atoms with Gasteiger partial charge in [0.1, 0.15) is 6.26 Å². The van der Waals surface area contributed by atoms with Crippen molar-refractivity contribution in [3.05, 3.63) is 52.8 Å². The molecular weight excluding hydrogens is 276 g/mol. The Labute approximate surface area is 118 Å². The van der Waals surface area contributed by atoms with Crippen LogP contribution in [-0.2, 0) is 12.8 Å². The first kappa shape index (κ1) is 12.7. The zero-order valence-electron chi connectivity index (χ0n) is 10.7. The minimum Gasteiger partial charge on any atom is -0.444 e. The van der Waals surface area contributed by atoms with E-state index in [2.05, 4.69) is 15.2 Å². The van der Waals surface area contributed by atoms with Crippen LogP contribution in [0.25, 0.3) is 11.5 Å². The molecule has 1 N–H and O–H groups in total. The van der Waals surface area contributed by atoms with E-state index in [-0.39, 0.29) is 5.69 Å². The van der Waals surface area contributed by atoms with Crippen LogP contribution in [0.3, 0.4) is 0 Å². The molecule has 102 valence electrons. The molecule has 7 heteroatoms. The first-order valence-corrected chi connectivity index (χ1v) is 6.96. The van der Waals surface area contributed by atoms with Crippen molar-refractivity contribution in [3.8, 4) is 11.5 Å². The quantitative estimate of drug-likeness (QED) is 0.744. The van der Waals surface area contributed by atoms with E-state index < -0.39 is 0 Å². The lowest BCUT2D eigenvalue weighted by atomic mass is 10.2. The van der Waals surface area contributed by atoms with Crippen LogP contribution in [0.5, 0.6) is 0 Å². The smallest absolute Gasteiger partial charge is 0.343 e. The summed E-state index contributed by atoms with van der Waals surface area (Å²) in [7, 11) is 1.67. The number of hydrogen-bond donors (Lipinski definition) is 1. The third-order valence-corrected chi connectivity index (χ3v) is 3.82. The van der Waals surface area contributed by atoms with Gasteiger partial charge in [0.05, 0.1) is 5.69 Å². The number of thioether (sulfide) groups is 1. The van der Waals surface area contributed by atoms with Gasteiger partial charge < -0.3 is 4.42 Å². The van der Waals surface area contributed by atoms with Crippen molar-refractivity contribution in [2.45, 2.75) is 10.9 Å². The summed E-state index contributed by atoms with van der Waals surface area (Å²) in [5.41, 5.74) is 1.53. The van der Waals surface area contributed by atoms with E-state index in [1.807, 2.05) is 30.3 Å². The molecule has 0 spiro atoms. The predicted octanol–water partition coefficient (Wildman–Crippen LogP) is 2.06. The molecule has 0 fully saturated rings. The standard InChI is InChI=1S/C13H12N4O2S/c1-17-12(18)15-16-13(17)20-8-10-7-19-11(14-10)9-5-3-2-4-6-9/h2-7H,8H2,1H3,(H,15,18). The topological polar surface area (TPSA) is 76.7 Å². The van der Waals surface area contributed by atoms with Crippen LogP contribution in [-0.4, -0.2) is 19.7 Å². The monoisotopic (exact) mass is 288 g/mol. The molecule has 6 nitrogen and oxygen atoms in total. The number of nitrogens with one attached hydrogen (secondary N) is 1. The van der Waals surface area contributed by atoms with Crippen LogP contribution in [0.4, 0.5) is 0 Å². The Bertz CT molecular complexity index is 760. The van der Waals surface area contributed by atoms with E-state index in [1.165, 1.54) is 16.3 Å². The second kappa shape index (κ2) is 5.38. The second-order valence-electron chi connectivity index (χ2n) is 4.17. The molecule has 2 heterocycles.